The molecule has 1 aliphatic rings. The van der Waals surface area contributed by atoms with Crippen molar-refractivity contribution in [1.82, 2.24) is 15.3 Å². The Labute approximate surface area is 133 Å². The van der Waals surface area contributed by atoms with E-state index in [1.54, 1.807) is 11.3 Å². The topological polar surface area (TPSA) is 87.0 Å². The Morgan fingerprint density at radius 1 is 1.45 bits per heavy atom. The van der Waals surface area contributed by atoms with Gasteiger partial charge in [-0.3, -0.25) is 4.79 Å². The number of H-pyrrole nitrogens is 1. The summed E-state index contributed by atoms with van der Waals surface area (Å²) in [5, 5.41) is 6.42. The number of thiazole rings is 1. The van der Waals surface area contributed by atoms with Crippen molar-refractivity contribution in [2.75, 3.05) is 31.1 Å². The third-order valence-corrected chi connectivity index (χ3v) is 4.93. The third-order valence-electron chi connectivity index (χ3n) is 4.03. The highest BCUT2D eigenvalue weighted by atomic mass is 32.1. The number of hydrogen-bond acceptors (Lipinski definition) is 5. The van der Waals surface area contributed by atoms with Crippen LogP contribution in [0.2, 0.25) is 0 Å². The van der Waals surface area contributed by atoms with Crippen LogP contribution in [0.3, 0.4) is 0 Å². The first kappa shape index (κ1) is 15.1. The van der Waals surface area contributed by atoms with E-state index in [1.165, 1.54) is 0 Å². The van der Waals surface area contributed by atoms with Crippen LogP contribution in [0.5, 0.6) is 0 Å². The maximum atomic E-state index is 11.7. The SMILES string of the molecule is CCc1c(-c2csc(N3CCNCC3)n2)[nH]c(C)c1C(N)=O. The number of rotatable bonds is 4. The van der Waals surface area contributed by atoms with Crippen molar-refractivity contribution in [2.24, 2.45) is 5.73 Å². The Kier molecular flexibility index (Phi) is 4.17. The summed E-state index contributed by atoms with van der Waals surface area (Å²) in [6, 6.07) is 0. The predicted octanol–water partition coefficient (Wildman–Crippen LogP) is 1.52. The highest BCUT2D eigenvalue weighted by molar-refractivity contribution is 7.14. The van der Waals surface area contributed by atoms with Gasteiger partial charge in [-0.15, -0.1) is 11.3 Å². The van der Waals surface area contributed by atoms with E-state index in [-0.39, 0.29) is 5.91 Å². The molecule has 7 heteroatoms. The Hall–Kier alpha value is -1.86. The largest absolute Gasteiger partial charge is 0.366 e. The van der Waals surface area contributed by atoms with Gasteiger partial charge < -0.3 is 20.9 Å². The Morgan fingerprint density at radius 2 is 2.18 bits per heavy atom. The first-order chi connectivity index (χ1) is 10.6. The number of nitrogens with zero attached hydrogens (tertiary/aromatic N) is 2. The summed E-state index contributed by atoms with van der Waals surface area (Å²) >= 11 is 1.64. The number of anilines is 1. The van der Waals surface area contributed by atoms with Crippen LogP contribution in [0.15, 0.2) is 5.38 Å². The first-order valence-electron chi connectivity index (χ1n) is 7.54. The van der Waals surface area contributed by atoms with E-state index >= 15 is 0 Å². The fraction of sp³-hybridized carbons (Fsp3) is 0.467. The molecule has 0 atom stereocenters. The minimum atomic E-state index is -0.380. The molecule has 1 amide bonds. The predicted molar refractivity (Wildman–Crippen MR) is 89.6 cm³/mol. The van der Waals surface area contributed by atoms with E-state index in [4.69, 9.17) is 10.7 Å². The average Bonchev–Trinajstić information content (AvgIpc) is 3.12. The van der Waals surface area contributed by atoms with Crippen LogP contribution >= 0.6 is 11.3 Å². The third kappa shape index (κ3) is 2.62. The number of hydrogen-bond donors (Lipinski definition) is 3. The molecule has 22 heavy (non-hydrogen) atoms. The van der Waals surface area contributed by atoms with E-state index in [0.29, 0.717) is 5.56 Å². The van der Waals surface area contributed by atoms with Crippen molar-refractivity contribution in [3.63, 3.8) is 0 Å². The van der Waals surface area contributed by atoms with Crippen molar-refractivity contribution in [1.29, 1.82) is 0 Å². The maximum Gasteiger partial charge on any atom is 0.250 e. The molecule has 0 unspecified atom stereocenters. The molecule has 1 saturated heterocycles. The van der Waals surface area contributed by atoms with Gasteiger partial charge in [-0.2, -0.15) is 0 Å². The summed E-state index contributed by atoms with van der Waals surface area (Å²) < 4.78 is 0. The molecular formula is C15H21N5OS. The lowest BCUT2D eigenvalue weighted by Crippen LogP contribution is -2.43. The summed E-state index contributed by atoms with van der Waals surface area (Å²) in [6.45, 7) is 7.84. The van der Waals surface area contributed by atoms with Gasteiger partial charge in [0.05, 0.1) is 11.3 Å². The average molecular weight is 319 g/mol. The van der Waals surface area contributed by atoms with E-state index in [1.807, 2.05) is 19.2 Å². The zero-order valence-electron chi connectivity index (χ0n) is 12.9. The van der Waals surface area contributed by atoms with Crippen LogP contribution in [-0.2, 0) is 6.42 Å². The molecule has 1 aliphatic heterocycles. The minimum absolute atomic E-state index is 0.380. The van der Waals surface area contributed by atoms with E-state index in [9.17, 15) is 4.79 Å². The molecule has 0 radical (unpaired) electrons. The standard InChI is InChI=1S/C15H21N5OS/c1-3-10-12(14(16)21)9(2)18-13(10)11-8-22-15(19-11)20-6-4-17-5-7-20/h8,17-18H,3-7H2,1-2H3,(H2,16,21). The van der Waals surface area contributed by atoms with Crippen molar-refractivity contribution in [3.8, 4) is 11.4 Å². The van der Waals surface area contributed by atoms with Crippen LogP contribution in [-0.4, -0.2) is 42.1 Å². The van der Waals surface area contributed by atoms with Gasteiger partial charge in [-0.05, 0) is 18.9 Å². The molecule has 3 rings (SSSR count). The molecule has 0 aromatic carbocycles. The van der Waals surface area contributed by atoms with Crippen LogP contribution in [0.25, 0.3) is 11.4 Å². The Bertz CT molecular complexity index is 684. The molecule has 2 aromatic rings. The molecule has 6 nitrogen and oxygen atoms in total. The van der Waals surface area contributed by atoms with Gasteiger partial charge in [0, 0.05) is 37.3 Å². The summed E-state index contributed by atoms with van der Waals surface area (Å²) in [4.78, 5) is 22.0. The Balaban J connectivity index is 1.96. The molecule has 0 bridgehead atoms. The number of carbonyl (C=O) groups is 1. The fourth-order valence-corrected chi connectivity index (χ4v) is 3.83. The van der Waals surface area contributed by atoms with E-state index in [0.717, 1.165) is 60.4 Å². The monoisotopic (exact) mass is 319 g/mol. The normalized spacial score (nSPS) is 15.3. The van der Waals surface area contributed by atoms with Crippen molar-refractivity contribution in [2.45, 2.75) is 20.3 Å². The number of primary amides is 1. The van der Waals surface area contributed by atoms with Crippen LogP contribution in [0.4, 0.5) is 5.13 Å². The molecule has 0 aliphatic carbocycles. The fourth-order valence-electron chi connectivity index (χ4n) is 2.96. The lowest BCUT2D eigenvalue weighted by atomic mass is 10.0. The smallest absolute Gasteiger partial charge is 0.250 e. The number of carbonyl (C=O) groups excluding carboxylic acids is 1. The van der Waals surface area contributed by atoms with Crippen molar-refractivity contribution >= 4 is 22.4 Å². The van der Waals surface area contributed by atoms with Crippen molar-refractivity contribution in [3.05, 3.63) is 22.2 Å². The molecule has 118 valence electrons. The van der Waals surface area contributed by atoms with E-state index < -0.39 is 0 Å². The molecule has 1 fully saturated rings. The highest BCUT2D eigenvalue weighted by Gasteiger charge is 2.21. The summed E-state index contributed by atoms with van der Waals surface area (Å²) in [5.41, 5.74) is 9.71. The molecule has 4 N–H and O–H groups in total. The lowest BCUT2D eigenvalue weighted by molar-refractivity contribution is 0.0999. The second kappa shape index (κ2) is 6.10. The second-order valence-corrected chi connectivity index (χ2v) is 6.29. The zero-order chi connectivity index (χ0) is 15.7. The van der Waals surface area contributed by atoms with Gasteiger partial charge in [0.1, 0.15) is 5.69 Å². The second-order valence-electron chi connectivity index (χ2n) is 5.45. The van der Waals surface area contributed by atoms with Gasteiger partial charge in [0.25, 0.3) is 5.91 Å². The number of aryl methyl sites for hydroxylation is 1. The number of nitrogens with two attached hydrogens (primary N) is 1. The van der Waals surface area contributed by atoms with Gasteiger partial charge in [0.2, 0.25) is 0 Å². The van der Waals surface area contributed by atoms with Crippen LogP contribution in [0, 0.1) is 6.92 Å². The van der Waals surface area contributed by atoms with Gasteiger partial charge in [0.15, 0.2) is 5.13 Å². The number of amides is 1. The van der Waals surface area contributed by atoms with Crippen LogP contribution < -0.4 is 16.0 Å². The quantitative estimate of drug-likeness (QED) is 0.797. The van der Waals surface area contributed by atoms with Crippen LogP contribution in [0.1, 0.15) is 28.5 Å². The number of nitrogens with one attached hydrogen (secondary N) is 2. The summed E-state index contributed by atoms with van der Waals surface area (Å²) in [6.07, 6.45) is 0.748. The van der Waals surface area contributed by atoms with Gasteiger partial charge in [-0.1, -0.05) is 6.92 Å². The lowest BCUT2D eigenvalue weighted by Gasteiger charge is -2.26. The number of piperazine rings is 1. The first-order valence-corrected chi connectivity index (χ1v) is 8.42. The molecule has 0 saturated carbocycles. The minimum Gasteiger partial charge on any atom is -0.366 e. The highest BCUT2D eigenvalue weighted by Crippen LogP contribution is 2.32. The molecule has 0 spiro atoms. The molecular weight excluding hydrogens is 298 g/mol. The van der Waals surface area contributed by atoms with E-state index in [2.05, 4.69) is 15.2 Å². The zero-order valence-corrected chi connectivity index (χ0v) is 13.7. The summed E-state index contributed by atoms with van der Waals surface area (Å²) in [7, 11) is 0. The number of aromatic amines is 1. The van der Waals surface area contributed by atoms with Gasteiger partial charge in [-0.25, -0.2) is 4.98 Å². The molecule has 2 aromatic heterocycles. The Morgan fingerprint density at radius 3 is 2.82 bits per heavy atom. The summed E-state index contributed by atoms with van der Waals surface area (Å²) in [5.74, 6) is -0.380. The number of aromatic nitrogens is 2. The molecule has 3 heterocycles. The van der Waals surface area contributed by atoms with Crippen molar-refractivity contribution < 1.29 is 4.79 Å². The maximum absolute atomic E-state index is 11.7. The van der Waals surface area contributed by atoms with Gasteiger partial charge >= 0.3 is 0 Å².